The Bertz CT molecular complexity index is 798. The van der Waals surface area contributed by atoms with Gasteiger partial charge in [-0.15, -0.1) is 0 Å². The van der Waals surface area contributed by atoms with Crippen LogP contribution in [0.5, 0.6) is 0 Å². The second-order valence-corrected chi connectivity index (χ2v) is 7.67. The SMILES string of the molecule is O=C1[C@H]2[C@@H]3C=C[C@H]([C@@H]4C[C@H]34)[C@@H]2C(=O)N1CNc1cccc(C(F)(F)F)c1. The molecular formula is C19H17F3N2O2. The maximum atomic E-state index is 12.8. The predicted octanol–water partition coefficient (Wildman–Crippen LogP) is 3.13. The topological polar surface area (TPSA) is 49.4 Å². The summed E-state index contributed by atoms with van der Waals surface area (Å²) in [5, 5.41) is 2.81. The van der Waals surface area contributed by atoms with Gasteiger partial charge >= 0.3 is 6.18 Å². The summed E-state index contributed by atoms with van der Waals surface area (Å²) in [4.78, 5) is 26.8. The number of amides is 2. The molecule has 1 aromatic rings. The minimum atomic E-state index is -4.43. The van der Waals surface area contributed by atoms with Crippen molar-refractivity contribution in [2.75, 3.05) is 12.0 Å². The van der Waals surface area contributed by atoms with E-state index >= 15 is 0 Å². The number of benzene rings is 1. The van der Waals surface area contributed by atoms with Crippen LogP contribution in [0, 0.1) is 35.5 Å². The lowest BCUT2D eigenvalue weighted by molar-refractivity contribution is -0.140. The predicted molar refractivity (Wildman–Crippen MR) is 86.5 cm³/mol. The van der Waals surface area contributed by atoms with Gasteiger partial charge in [0.05, 0.1) is 24.1 Å². The zero-order valence-corrected chi connectivity index (χ0v) is 13.7. The van der Waals surface area contributed by atoms with Crippen molar-refractivity contribution in [1.82, 2.24) is 4.90 Å². The zero-order chi connectivity index (χ0) is 18.2. The van der Waals surface area contributed by atoms with Crippen LogP contribution in [0.25, 0.3) is 0 Å². The molecule has 5 aliphatic rings. The Labute approximate surface area is 148 Å². The molecule has 6 atom stereocenters. The number of imide groups is 1. The third-order valence-corrected chi connectivity index (χ3v) is 6.39. The van der Waals surface area contributed by atoms with Gasteiger partial charge in [-0.05, 0) is 48.3 Å². The van der Waals surface area contributed by atoms with E-state index < -0.39 is 11.7 Å². The summed E-state index contributed by atoms with van der Waals surface area (Å²) < 4.78 is 38.4. The number of hydrogen-bond acceptors (Lipinski definition) is 3. The van der Waals surface area contributed by atoms with E-state index in [9.17, 15) is 22.8 Å². The first-order valence-corrected chi connectivity index (χ1v) is 8.81. The smallest absolute Gasteiger partial charge is 0.367 e. The van der Waals surface area contributed by atoms with Crippen molar-refractivity contribution in [3.05, 3.63) is 42.0 Å². The number of anilines is 1. The largest absolute Gasteiger partial charge is 0.416 e. The number of nitrogens with one attached hydrogen (secondary N) is 1. The number of halogens is 3. The first kappa shape index (κ1) is 15.9. The Morgan fingerprint density at radius 2 is 1.65 bits per heavy atom. The minimum absolute atomic E-state index is 0.0965. The van der Waals surface area contributed by atoms with Crippen molar-refractivity contribution in [1.29, 1.82) is 0 Å². The van der Waals surface area contributed by atoms with E-state index in [4.69, 9.17) is 0 Å². The molecule has 1 N–H and O–H groups in total. The van der Waals surface area contributed by atoms with Gasteiger partial charge < -0.3 is 5.32 Å². The summed E-state index contributed by atoms with van der Waals surface area (Å²) in [6.07, 6.45) is 0.847. The average molecular weight is 362 g/mol. The number of allylic oxidation sites excluding steroid dienone is 2. The summed E-state index contributed by atoms with van der Waals surface area (Å²) in [5.41, 5.74) is -0.531. The number of nitrogens with zero attached hydrogens (tertiary/aromatic N) is 1. The molecule has 2 bridgehead atoms. The monoisotopic (exact) mass is 362 g/mol. The minimum Gasteiger partial charge on any atom is -0.367 e. The van der Waals surface area contributed by atoms with E-state index in [2.05, 4.69) is 17.5 Å². The first-order valence-electron chi connectivity index (χ1n) is 8.81. The normalized spacial score (nSPS) is 37.0. The van der Waals surface area contributed by atoms with Gasteiger partial charge in [-0.3, -0.25) is 14.5 Å². The summed E-state index contributed by atoms with van der Waals surface area (Å²) in [7, 11) is 0. The molecule has 1 aromatic carbocycles. The van der Waals surface area contributed by atoms with Crippen LogP contribution in [0.2, 0.25) is 0 Å². The van der Waals surface area contributed by atoms with Crippen molar-refractivity contribution in [3.63, 3.8) is 0 Å². The Morgan fingerprint density at radius 3 is 2.23 bits per heavy atom. The molecule has 1 saturated heterocycles. The van der Waals surface area contributed by atoms with Crippen molar-refractivity contribution in [3.8, 4) is 0 Å². The van der Waals surface area contributed by atoms with Gasteiger partial charge in [-0.1, -0.05) is 18.2 Å². The van der Waals surface area contributed by atoms with Crippen LogP contribution in [0.3, 0.4) is 0 Å². The molecule has 2 amide bonds. The highest BCUT2D eigenvalue weighted by Gasteiger charge is 2.66. The lowest BCUT2D eigenvalue weighted by Crippen LogP contribution is -2.40. The number of carbonyl (C=O) groups excluding carboxylic acids is 2. The summed E-state index contributed by atoms with van der Waals surface area (Å²) in [6, 6.07) is 4.77. The van der Waals surface area contributed by atoms with E-state index in [-0.39, 0.29) is 47.8 Å². The van der Waals surface area contributed by atoms with E-state index in [0.717, 1.165) is 18.6 Å². The second kappa shape index (κ2) is 5.11. The van der Waals surface area contributed by atoms with Gasteiger partial charge in [-0.25, -0.2) is 0 Å². The van der Waals surface area contributed by atoms with Crippen LogP contribution in [-0.2, 0) is 15.8 Å². The average Bonchev–Trinajstić information content (AvgIpc) is 3.38. The maximum Gasteiger partial charge on any atom is 0.416 e. The van der Waals surface area contributed by atoms with Crippen LogP contribution in [0.4, 0.5) is 18.9 Å². The molecule has 0 aromatic heterocycles. The molecule has 1 heterocycles. The lowest BCUT2D eigenvalue weighted by atomic mass is 9.63. The van der Waals surface area contributed by atoms with Gasteiger partial charge in [0, 0.05) is 5.69 Å². The van der Waals surface area contributed by atoms with E-state index in [1.807, 2.05) is 0 Å². The van der Waals surface area contributed by atoms with Crippen LogP contribution in [0.15, 0.2) is 36.4 Å². The Kier molecular flexibility index (Phi) is 3.13. The van der Waals surface area contributed by atoms with E-state index in [0.29, 0.717) is 11.8 Å². The third-order valence-electron chi connectivity index (χ3n) is 6.39. The second-order valence-electron chi connectivity index (χ2n) is 7.67. The first-order chi connectivity index (χ1) is 12.4. The summed E-state index contributed by atoms with van der Waals surface area (Å²) >= 11 is 0. The highest BCUT2D eigenvalue weighted by molar-refractivity contribution is 6.06. The molecule has 0 spiro atoms. The third kappa shape index (κ3) is 2.15. The summed E-state index contributed by atoms with van der Waals surface area (Å²) in [6.45, 7) is -0.0965. The van der Waals surface area contributed by atoms with Gasteiger partial charge in [0.15, 0.2) is 0 Å². The van der Waals surface area contributed by atoms with Gasteiger partial charge in [-0.2, -0.15) is 13.2 Å². The van der Waals surface area contributed by atoms with Crippen molar-refractivity contribution >= 4 is 17.5 Å². The molecule has 26 heavy (non-hydrogen) atoms. The molecule has 2 saturated carbocycles. The Hall–Kier alpha value is -2.31. The van der Waals surface area contributed by atoms with Crippen molar-refractivity contribution < 1.29 is 22.8 Å². The fourth-order valence-corrected chi connectivity index (χ4v) is 5.15. The maximum absolute atomic E-state index is 12.8. The number of hydrogen-bond donors (Lipinski definition) is 1. The number of carbonyl (C=O) groups is 2. The number of likely N-dealkylation sites (tertiary alicyclic amines) is 1. The fraction of sp³-hybridized carbons (Fsp3) is 0.474. The Balaban J connectivity index is 1.33. The zero-order valence-electron chi connectivity index (χ0n) is 13.7. The van der Waals surface area contributed by atoms with Crippen LogP contribution in [-0.4, -0.2) is 23.4 Å². The van der Waals surface area contributed by atoms with Gasteiger partial charge in [0.1, 0.15) is 0 Å². The number of alkyl halides is 3. The molecular weight excluding hydrogens is 345 g/mol. The highest BCUT2D eigenvalue weighted by Crippen LogP contribution is 2.65. The van der Waals surface area contributed by atoms with Gasteiger partial charge in [0.25, 0.3) is 0 Å². The number of rotatable bonds is 3. The molecule has 136 valence electrons. The van der Waals surface area contributed by atoms with Crippen LogP contribution < -0.4 is 5.32 Å². The van der Waals surface area contributed by atoms with Crippen LogP contribution in [0.1, 0.15) is 12.0 Å². The Morgan fingerprint density at radius 1 is 1.04 bits per heavy atom. The molecule has 4 aliphatic carbocycles. The molecule has 4 nitrogen and oxygen atoms in total. The van der Waals surface area contributed by atoms with E-state index in [1.54, 1.807) is 0 Å². The fourth-order valence-electron chi connectivity index (χ4n) is 5.15. The molecule has 3 fully saturated rings. The summed E-state index contributed by atoms with van der Waals surface area (Å²) in [5.74, 6) is 0.385. The van der Waals surface area contributed by atoms with Crippen molar-refractivity contribution in [2.24, 2.45) is 35.5 Å². The molecule has 7 heteroatoms. The van der Waals surface area contributed by atoms with Gasteiger partial charge in [0.2, 0.25) is 11.8 Å². The van der Waals surface area contributed by atoms with E-state index in [1.165, 1.54) is 17.0 Å². The molecule has 0 radical (unpaired) electrons. The highest BCUT2D eigenvalue weighted by atomic mass is 19.4. The molecule has 6 rings (SSSR count). The molecule has 1 aliphatic heterocycles. The lowest BCUT2D eigenvalue weighted by Gasteiger charge is -2.37. The standard InChI is InChI=1S/C19H17F3N2O2/c20-19(21,22)9-2-1-3-10(6-9)23-8-24-17(25)15-11-4-5-12(14-7-13(11)14)16(15)18(24)26/h1-6,11-16,23H,7-8H2/t11-,12-,13-,14+,15+,16+/m1/s1. The van der Waals surface area contributed by atoms with Crippen molar-refractivity contribution in [2.45, 2.75) is 12.6 Å². The quantitative estimate of drug-likeness (QED) is 0.664. The molecule has 0 unspecified atom stereocenters. The van der Waals surface area contributed by atoms with Crippen LogP contribution >= 0.6 is 0 Å².